The number of nitrogens with zero attached hydrogens (tertiary/aromatic N) is 4. The molecule has 0 aliphatic carbocycles. The average molecular weight is 271 g/mol. The molecule has 1 fully saturated rings. The van der Waals surface area contributed by atoms with Crippen molar-refractivity contribution >= 4 is 0 Å². The molecule has 0 saturated carbocycles. The number of aryl methyl sites for hydroxylation is 1. The predicted molar refractivity (Wildman–Crippen MR) is 78.2 cm³/mol. The Bertz CT molecular complexity index is 536. The molecule has 5 nitrogen and oxygen atoms in total. The lowest BCUT2D eigenvalue weighted by molar-refractivity contribution is 0.147. The van der Waals surface area contributed by atoms with E-state index in [1.54, 1.807) is 6.33 Å². The molecule has 1 aromatic carbocycles. The van der Waals surface area contributed by atoms with Crippen LogP contribution in [0.25, 0.3) is 0 Å². The fourth-order valence-corrected chi connectivity index (χ4v) is 2.80. The van der Waals surface area contributed by atoms with Gasteiger partial charge >= 0.3 is 0 Å². The van der Waals surface area contributed by atoms with Crippen molar-refractivity contribution in [3.63, 3.8) is 0 Å². The molecular weight excluding hydrogens is 250 g/mol. The highest BCUT2D eigenvalue weighted by molar-refractivity contribution is 5.20. The lowest BCUT2D eigenvalue weighted by Crippen LogP contribution is -2.45. The zero-order valence-electron chi connectivity index (χ0n) is 11.9. The van der Waals surface area contributed by atoms with E-state index < -0.39 is 0 Å². The maximum atomic E-state index is 4.40. The second-order valence-corrected chi connectivity index (χ2v) is 5.09. The van der Waals surface area contributed by atoms with E-state index in [-0.39, 0.29) is 0 Å². The second kappa shape index (κ2) is 6.15. The quantitative estimate of drug-likeness (QED) is 0.914. The van der Waals surface area contributed by atoms with Gasteiger partial charge in [-0.2, -0.15) is 5.10 Å². The Kier molecular flexibility index (Phi) is 4.08. The summed E-state index contributed by atoms with van der Waals surface area (Å²) >= 11 is 0. The number of nitrogens with one attached hydrogen (secondary N) is 1. The van der Waals surface area contributed by atoms with Crippen LogP contribution in [-0.4, -0.2) is 39.3 Å². The predicted octanol–water partition coefficient (Wildman–Crippen LogP) is 1.44. The van der Waals surface area contributed by atoms with Gasteiger partial charge in [-0.15, -0.1) is 0 Å². The van der Waals surface area contributed by atoms with E-state index in [0.717, 1.165) is 38.5 Å². The van der Waals surface area contributed by atoms with Gasteiger partial charge < -0.3 is 5.32 Å². The summed E-state index contributed by atoms with van der Waals surface area (Å²) in [6, 6.07) is 11.1. The van der Waals surface area contributed by atoms with Crippen LogP contribution in [0.1, 0.15) is 24.4 Å². The molecule has 2 aromatic rings. The van der Waals surface area contributed by atoms with Crippen LogP contribution in [0.3, 0.4) is 0 Å². The monoisotopic (exact) mass is 271 g/mol. The zero-order valence-corrected chi connectivity index (χ0v) is 11.9. The molecule has 1 atom stereocenters. The van der Waals surface area contributed by atoms with Gasteiger partial charge in [0.2, 0.25) is 0 Å². The first-order valence-electron chi connectivity index (χ1n) is 7.25. The number of piperazine rings is 1. The first-order valence-corrected chi connectivity index (χ1v) is 7.25. The summed E-state index contributed by atoms with van der Waals surface area (Å²) in [7, 11) is 0. The van der Waals surface area contributed by atoms with Crippen molar-refractivity contribution in [1.82, 2.24) is 25.0 Å². The third-order valence-electron chi connectivity index (χ3n) is 3.88. The minimum atomic E-state index is 0.409. The van der Waals surface area contributed by atoms with Gasteiger partial charge in [-0.1, -0.05) is 30.3 Å². The topological polar surface area (TPSA) is 46.0 Å². The van der Waals surface area contributed by atoms with Gasteiger partial charge in [0.1, 0.15) is 12.2 Å². The molecule has 3 rings (SSSR count). The largest absolute Gasteiger partial charge is 0.314 e. The van der Waals surface area contributed by atoms with Crippen LogP contribution in [0.15, 0.2) is 36.7 Å². The normalized spacial score (nSPS) is 20.1. The Morgan fingerprint density at radius 3 is 2.95 bits per heavy atom. The summed E-state index contributed by atoms with van der Waals surface area (Å²) < 4.78 is 1.98. The lowest BCUT2D eigenvalue weighted by atomic mass is 10.0. The summed E-state index contributed by atoms with van der Waals surface area (Å²) in [5.41, 5.74) is 1.36. The average Bonchev–Trinajstić information content (AvgIpc) is 2.96. The van der Waals surface area contributed by atoms with Crippen LogP contribution in [-0.2, 0) is 13.1 Å². The van der Waals surface area contributed by atoms with Crippen molar-refractivity contribution < 1.29 is 0 Å². The fraction of sp³-hybridized carbons (Fsp3) is 0.467. The Morgan fingerprint density at radius 2 is 2.15 bits per heavy atom. The second-order valence-electron chi connectivity index (χ2n) is 5.09. The molecule has 1 aromatic heterocycles. The Balaban J connectivity index is 1.79. The highest BCUT2D eigenvalue weighted by Gasteiger charge is 2.24. The maximum absolute atomic E-state index is 4.40. The molecule has 106 valence electrons. The first kappa shape index (κ1) is 13.3. The van der Waals surface area contributed by atoms with Crippen molar-refractivity contribution in [3.05, 3.63) is 48.0 Å². The summed E-state index contributed by atoms with van der Waals surface area (Å²) in [5, 5.41) is 7.75. The van der Waals surface area contributed by atoms with Gasteiger partial charge in [-0.25, -0.2) is 9.67 Å². The van der Waals surface area contributed by atoms with E-state index in [4.69, 9.17) is 0 Å². The van der Waals surface area contributed by atoms with Gasteiger partial charge in [0.25, 0.3) is 0 Å². The zero-order chi connectivity index (χ0) is 13.8. The summed E-state index contributed by atoms with van der Waals surface area (Å²) in [4.78, 5) is 6.89. The lowest BCUT2D eigenvalue weighted by Gasteiger charge is -2.36. The minimum absolute atomic E-state index is 0.409. The van der Waals surface area contributed by atoms with Crippen molar-refractivity contribution in [1.29, 1.82) is 0 Å². The van der Waals surface area contributed by atoms with E-state index in [9.17, 15) is 0 Å². The van der Waals surface area contributed by atoms with Crippen LogP contribution in [0.2, 0.25) is 0 Å². The van der Waals surface area contributed by atoms with Crippen LogP contribution >= 0.6 is 0 Å². The third-order valence-corrected chi connectivity index (χ3v) is 3.88. The number of hydrogen-bond acceptors (Lipinski definition) is 4. The first-order chi connectivity index (χ1) is 9.88. The number of aromatic nitrogens is 3. The number of rotatable bonds is 4. The van der Waals surface area contributed by atoms with Crippen molar-refractivity contribution in [2.75, 3.05) is 19.6 Å². The van der Waals surface area contributed by atoms with E-state index in [2.05, 4.69) is 57.6 Å². The molecule has 1 saturated heterocycles. The van der Waals surface area contributed by atoms with Gasteiger partial charge in [0.15, 0.2) is 0 Å². The minimum Gasteiger partial charge on any atom is -0.314 e. The van der Waals surface area contributed by atoms with Crippen LogP contribution in [0.5, 0.6) is 0 Å². The van der Waals surface area contributed by atoms with Gasteiger partial charge in [-0.05, 0) is 12.5 Å². The molecule has 1 aliphatic rings. The molecular formula is C15H21N5. The Labute approximate surface area is 119 Å². The van der Waals surface area contributed by atoms with Gasteiger partial charge in [-0.3, -0.25) is 4.90 Å². The maximum Gasteiger partial charge on any atom is 0.141 e. The summed E-state index contributed by atoms with van der Waals surface area (Å²) in [5.74, 6) is 1.05. The molecule has 1 N–H and O–H groups in total. The molecule has 0 bridgehead atoms. The van der Waals surface area contributed by atoms with Crippen molar-refractivity contribution in [2.24, 2.45) is 0 Å². The van der Waals surface area contributed by atoms with Crippen LogP contribution < -0.4 is 5.32 Å². The summed E-state index contributed by atoms with van der Waals surface area (Å²) in [6.07, 6.45) is 1.65. The molecule has 1 unspecified atom stereocenters. The Hall–Kier alpha value is -1.72. The molecule has 20 heavy (non-hydrogen) atoms. The molecule has 0 radical (unpaired) electrons. The number of benzene rings is 1. The molecule has 2 heterocycles. The molecule has 0 amide bonds. The SMILES string of the molecule is CCn1ncnc1CN1CCNCC1c1ccccc1. The molecule has 0 spiro atoms. The smallest absolute Gasteiger partial charge is 0.141 e. The molecule has 1 aliphatic heterocycles. The van der Waals surface area contributed by atoms with E-state index in [1.165, 1.54) is 5.56 Å². The van der Waals surface area contributed by atoms with E-state index >= 15 is 0 Å². The summed E-state index contributed by atoms with van der Waals surface area (Å²) in [6.45, 7) is 6.89. The van der Waals surface area contributed by atoms with Gasteiger partial charge in [0.05, 0.1) is 6.54 Å². The van der Waals surface area contributed by atoms with Crippen molar-refractivity contribution in [2.45, 2.75) is 26.1 Å². The standard InChI is InChI=1S/C15H21N5/c1-2-20-15(17-12-18-20)11-19-9-8-16-10-14(19)13-6-4-3-5-7-13/h3-7,12,14,16H,2,8-11H2,1H3. The van der Waals surface area contributed by atoms with Crippen LogP contribution in [0, 0.1) is 0 Å². The highest BCUT2D eigenvalue weighted by Crippen LogP contribution is 2.23. The van der Waals surface area contributed by atoms with Crippen LogP contribution in [0.4, 0.5) is 0 Å². The Morgan fingerprint density at radius 1 is 1.30 bits per heavy atom. The van der Waals surface area contributed by atoms with Gasteiger partial charge in [0, 0.05) is 32.2 Å². The van der Waals surface area contributed by atoms with E-state index in [0.29, 0.717) is 6.04 Å². The molecule has 5 heteroatoms. The fourth-order valence-electron chi connectivity index (χ4n) is 2.80. The van der Waals surface area contributed by atoms with Crippen molar-refractivity contribution in [3.8, 4) is 0 Å². The number of hydrogen-bond donors (Lipinski definition) is 1. The highest BCUT2D eigenvalue weighted by atomic mass is 15.4. The van der Waals surface area contributed by atoms with E-state index in [1.807, 2.05) is 4.68 Å². The third kappa shape index (κ3) is 2.73.